The number of halogens is 3. The molecule has 0 aliphatic rings. The van der Waals surface area contributed by atoms with Crippen molar-refractivity contribution in [3.63, 3.8) is 0 Å². The molecule has 1 aromatic rings. The van der Waals surface area contributed by atoms with Gasteiger partial charge in [0, 0.05) is 12.1 Å². The first kappa shape index (κ1) is 15.1. The van der Waals surface area contributed by atoms with Crippen LogP contribution in [-0.4, -0.2) is 9.55 Å². The van der Waals surface area contributed by atoms with Crippen LogP contribution in [0.2, 0.25) is 0 Å². The molecule has 0 aliphatic carbocycles. The number of aromatic nitrogens is 2. The van der Waals surface area contributed by atoms with Crippen molar-refractivity contribution in [2.45, 2.75) is 39.7 Å². The summed E-state index contributed by atoms with van der Waals surface area (Å²) < 4.78 is 29.0. The van der Waals surface area contributed by atoms with E-state index in [1.165, 1.54) is 0 Å². The fourth-order valence-corrected chi connectivity index (χ4v) is 2.32. The standard InChI is InChI=1S/C13H17BrF2N2/c1-5-8(3)18-9(4)12(17-13(18)14)7-11(16)10(15)6-2/h7-8H,4-6H2,1-3H3. The Morgan fingerprint density at radius 2 is 2.11 bits per heavy atom. The van der Waals surface area contributed by atoms with Crippen LogP contribution in [0, 0.1) is 0 Å². The molecule has 1 aromatic heterocycles. The second-order valence-corrected chi connectivity index (χ2v) is 4.80. The van der Waals surface area contributed by atoms with Gasteiger partial charge in [0.2, 0.25) is 0 Å². The van der Waals surface area contributed by atoms with Crippen molar-refractivity contribution in [1.82, 2.24) is 9.55 Å². The van der Waals surface area contributed by atoms with Crippen LogP contribution in [0.5, 0.6) is 0 Å². The molecule has 100 valence electrons. The van der Waals surface area contributed by atoms with E-state index in [1.54, 1.807) is 6.92 Å². The van der Waals surface area contributed by atoms with Gasteiger partial charge in [0.15, 0.2) is 10.6 Å². The summed E-state index contributed by atoms with van der Waals surface area (Å²) in [6.45, 7) is 9.49. The Balaban J connectivity index is 3.39. The maximum absolute atomic E-state index is 13.4. The van der Waals surface area contributed by atoms with Crippen LogP contribution in [0.15, 0.2) is 16.4 Å². The average molecular weight is 319 g/mol. The van der Waals surface area contributed by atoms with Gasteiger partial charge in [-0.05, 0) is 35.7 Å². The highest BCUT2D eigenvalue weighted by Gasteiger charge is 2.10. The van der Waals surface area contributed by atoms with Gasteiger partial charge in [-0.15, -0.1) is 0 Å². The molecule has 18 heavy (non-hydrogen) atoms. The SMILES string of the molecule is C=c1c(=CC(F)=C(F)CC)nc(Br)n1C(C)CC. The predicted molar refractivity (Wildman–Crippen MR) is 73.7 cm³/mol. The largest absolute Gasteiger partial charge is 0.316 e. The van der Waals surface area contributed by atoms with Crippen molar-refractivity contribution in [3.05, 3.63) is 27.1 Å². The van der Waals surface area contributed by atoms with E-state index in [2.05, 4.69) is 27.5 Å². The average Bonchev–Trinajstić information content (AvgIpc) is 2.62. The molecule has 2 nitrogen and oxygen atoms in total. The van der Waals surface area contributed by atoms with Gasteiger partial charge in [0.25, 0.3) is 0 Å². The van der Waals surface area contributed by atoms with Crippen molar-refractivity contribution >= 4 is 28.6 Å². The Morgan fingerprint density at radius 3 is 2.61 bits per heavy atom. The maximum Gasteiger partial charge on any atom is 0.178 e. The third-order valence-electron chi connectivity index (χ3n) is 2.86. The van der Waals surface area contributed by atoms with Crippen molar-refractivity contribution in [2.24, 2.45) is 0 Å². The monoisotopic (exact) mass is 318 g/mol. The van der Waals surface area contributed by atoms with Gasteiger partial charge in [-0.25, -0.2) is 13.8 Å². The summed E-state index contributed by atoms with van der Waals surface area (Å²) in [4.78, 5) is 4.16. The summed E-state index contributed by atoms with van der Waals surface area (Å²) >= 11 is 3.31. The van der Waals surface area contributed by atoms with Crippen molar-refractivity contribution in [1.29, 1.82) is 0 Å². The molecule has 0 N–H and O–H groups in total. The molecular weight excluding hydrogens is 302 g/mol. The van der Waals surface area contributed by atoms with E-state index >= 15 is 0 Å². The molecular formula is C13H17BrF2N2. The highest BCUT2D eigenvalue weighted by molar-refractivity contribution is 9.10. The van der Waals surface area contributed by atoms with Crippen LogP contribution < -0.4 is 10.7 Å². The first-order valence-corrected chi connectivity index (χ1v) is 6.70. The third-order valence-corrected chi connectivity index (χ3v) is 3.42. The van der Waals surface area contributed by atoms with Crippen LogP contribution in [-0.2, 0) is 0 Å². The minimum atomic E-state index is -0.885. The summed E-state index contributed by atoms with van der Waals surface area (Å²) in [6.07, 6.45) is 2.02. The van der Waals surface area contributed by atoms with Gasteiger partial charge in [-0.3, -0.25) is 0 Å². The highest BCUT2D eigenvalue weighted by Crippen LogP contribution is 2.14. The van der Waals surface area contributed by atoms with E-state index in [4.69, 9.17) is 0 Å². The highest BCUT2D eigenvalue weighted by atomic mass is 79.9. The second-order valence-electron chi connectivity index (χ2n) is 4.09. The lowest BCUT2D eigenvalue weighted by Crippen LogP contribution is -2.30. The van der Waals surface area contributed by atoms with E-state index in [-0.39, 0.29) is 12.5 Å². The summed E-state index contributed by atoms with van der Waals surface area (Å²) in [7, 11) is 0. The molecule has 0 aliphatic heterocycles. The number of hydrogen-bond donors (Lipinski definition) is 0. The lowest BCUT2D eigenvalue weighted by molar-refractivity contribution is 0.510. The maximum atomic E-state index is 13.4. The zero-order chi connectivity index (χ0) is 13.9. The predicted octanol–water partition coefficient (Wildman–Crippen LogP) is 3.37. The molecule has 5 heteroatoms. The van der Waals surface area contributed by atoms with Crippen molar-refractivity contribution in [2.75, 3.05) is 0 Å². The smallest absolute Gasteiger partial charge is 0.178 e. The van der Waals surface area contributed by atoms with Crippen LogP contribution >= 0.6 is 15.9 Å². The molecule has 1 rings (SSSR count). The van der Waals surface area contributed by atoms with Crippen LogP contribution in [0.3, 0.4) is 0 Å². The van der Waals surface area contributed by atoms with E-state index in [1.807, 2.05) is 18.4 Å². The summed E-state index contributed by atoms with van der Waals surface area (Å²) in [6, 6.07) is 0.199. The first-order chi connectivity index (χ1) is 8.42. The van der Waals surface area contributed by atoms with Gasteiger partial charge < -0.3 is 4.57 Å². The number of imidazole rings is 1. The molecule has 0 bridgehead atoms. The van der Waals surface area contributed by atoms with E-state index < -0.39 is 11.7 Å². The van der Waals surface area contributed by atoms with E-state index in [9.17, 15) is 8.78 Å². The fraction of sp³-hybridized carbons (Fsp3) is 0.462. The second kappa shape index (κ2) is 6.27. The Labute approximate surface area is 114 Å². The van der Waals surface area contributed by atoms with Crippen LogP contribution in [0.25, 0.3) is 12.7 Å². The molecule has 0 spiro atoms. The van der Waals surface area contributed by atoms with Gasteiger partial charge in [-0.1, -0.05) is 20.4 Å². The minimum absolute atomic E-state index is 0.0298. The normalized spacial score (nSPS) is 15.8. The number of rotatable bonds is 4. The first-order valence-electron chi connectivity index (χ1n) is 5.90. The minimum Gasteiger partial charge on any atom is -0.316 e. The number of allylic oxidation sites excluding steroid dienone is 2. The zero-order valence-electron chi connectivity index (χ0n) is 10.8. The summed E-state index contributed by atoms with van der Waals surface area (Å²) in [5.41, 5.74) is 0. The third kappa shape index (κ3) is 3.07. The molecule has 1 atom stereocenters. The van der Waals surface area contributed by atoms with Gasteiger partial charge in [-0.2, -0.15) is 0 Å². The van der Waals surface area contributed by atoms with Crippen molar-refractivity contribution in [3.8, 4) is 0 Å². The van der Waals surface area contributed by atoms with E-state index in [0.717, 1.165) is 12.5 Å². The molecule has 0 radical (unpaired) electrons. The Hall–Kier alpha value is -0.970. The molecule has 0 aromatic carbocycles. The number of hydrogen-bond acceptors (Lipinski definition) is 1. The molecule has 0 saturated heterocycles. The van der Waals surface area contributed by atoms with E-state index in [0.29, 0.717) is 15.4 Å². The lowest BCUT2D eigenvalue weighted by atomic mass is 10.2. The van der Waals surface area contributed by atoms with Gasteiger partial charge >= 0.3 is 0 Å². The quantitative estimate of drug-likeness (QED) is 0.832. The Morgan fingerprint density at radius 1 is 1.50 bits per heavy atom. The van der Waals surface area contributed by atoms with Gasteiger partial charge in [0.1, 0.15) is 5.83 Å². The molecule has 1 unspecified atom stereocenters. The molecule has 0 fully saturated rings. The van der Waals surface area contributed by atoms with Gasteiger partial charge in [0.05, 0.1) is 10.7 Å². The molecule has 1 heterocycles. The molecule has 0 amide bonds. The van der Waals surface area contributed by atoms with Crippen LogP contribution in [0.4, 0.5) is 8.78 Å². The zero-order valence-corrected chi connectivity index (χ0v) is 12.4. The fourth-order valence-electron chi connectivity index (χ4n) is 1.57. The summed E-state index contributed by atoms with van der Waals surface area (Å²) in [5.74, 6) is -1.66. The lowest BCUT2D eigenvalue weighted by Gasteiger charge is -2.11. The molecule has 0 saturated carbocycles. The van der Waals surface area contributed by atoms with Crippen LogP contribution in [0.1, 0.15) is 39.7 Å². The Kier molecular flexibility index (Phi) is 5.26. The summed E-state index contributed by atoms with van der Waals surface area (Å²) in [5, 5.41) is 0.929. The number of nitrogens with zero attached hydrogens (tertiary/aromatic N) is 2. The topological polar surface area (TPSA) is 17.8 Å². The van der Waals surface area contributed by atoms with Crippen molar-refractivity contribution < 1.29 is 8.78 Å². The Bertz CT molecular complexity index is 560.